The minimum atomic E-state index is 0.320. The van der Waals surface area contributed by atoms with Crippen LogP contribution in [0.1, 0.15) is 37.9 Å². The Morgan fingerprint density at radius 1 is 1.25 bits per heavy atom. The van der Waals surface area contributed by atoms with Crippen LogP contribution in [0, 0.1) is 0 Å². The van der Waals surface area contributed by atoms with Crippen LogP contribution in [0.4, 0.5) is 0 Å². The van der Waals surface area contributed by atoms with Crippen LogP contribution in [0.2, 0.25) is 0 Å². The maximum Gasteiger partial charge on any atom is 0.0678 e. The molecule has 1 aromatic rings. The van der Waals surface area contributed by atoms with Gasteiger partial charge in [-0.25, -0.2) is 0 Å². The molecule has 0 radical (unpaired) electrons. The van der Waals surface area contributed by atoms with E-state index in [1.54, 1.807) is 0 Å². The molecule has 1 aliphatic heterocycles. The Bertz CT molecular complexity index is 420. The predicted octanol–water partition coefficient (Wildman–Crippen LogP) is 1.94. The second-order valence-corrected chi connectivity index (χ2v) is 6.26. The molecule has 0 unspecified atom stereocenters. The number of ether oxygens (including phenoxy) is 1. The van der Waals surface area contributed by atoms with Crippen molar-refractivity contribution in [2.45, 2.75) is 58.0 Å². The van der Waals surface area contributed by atoms with Crippen molar-refractivity contribution < 1.29 is 4.74 Å². The number of pyridine rings is 1. The van der Waals surface area contributed by atoms with Crippen LogP contribution in [0.5, 0.6) is 0 Å². The highest BCUT2D eigenvalue weighted by atomic mass is 16.5. The number of hydrogen-bond acceptors (Lipinski definition) is 4. The van der Waals surface area contributed by atoms with E-state index in [-0.39, 0.29) is 0 Å². The van der Waals surface area contributed by atoms with Crippen LogP contribution in [0.15, 0.2) is 18.3 Å². The van der Waals surface area contributed by atoms with E-state index >= 15 is 0 Å². The normalized spacial score (nSPS) is 27.7. The van der Waals surface area contributed by atoms with Crippen LogP contribution in [-0.2, 0) is 17.8 Å². The molecule has 0 aromatic carbocycles. The van der Waals surface area contributed by atoms with E-state index in [2.05, 4.69) is 41.2 Å². The van der Waals surface area contributed by atoms with Gasteiger partial charge >= 0.3 is 0 Å². The van der Waals surface area contributed by atoms with E-state index in [1.807, 2.05) is 6.20 Å². The Labute approximate surface area is 121 Å². The van der Waals surface area contributed by atoms with Gasteiger partial charge in [0.15, 0.2) is 0 Å². The minimum absolute atomic E-state index is 0.320. The molecule has 110 valence electrons. The first kappa shape index (κ1) is 14.0. The van der Waals surface area contributed by atoms with Crippen molar-refractivity contribution in [2.75, 3.05) is 13.1 Å². The Morgan fingerprint density at radius 2 is 2.00 bits per heavy atom. The number of aromatic nitrogens is 1. The average molecular weight is 275 g/mol. The molecule has 2 aliphatic rings. The van der Waals surface area contributed by atoms with Crippen LogP contribution in [-0.4, -0.2) is 41.2 Å². The number of morpholine rings is 1. The fourth-order valence-corrected chi connectivity index (χ4v) is 2.85. The van der Waals surface area contributed by atoms with Gasteiger partial charge in [0.2, 0.25) is 0 Å². The summed E-state index contributed by atoms with van der Waals surface area (Å²) in [6.07, 6.45) is 5.32. The Hall–Kier alpha value is -0.970. The molecule has 2 atom stereocenters. The maximum absolute atomic E-state index is 5.76. The Kier molecular flexibility index (Phi) is 4.34. The van der Waals surface area contributed by atoms with Crippen LogP contribution in [0.3, 0.4) is 0 Å². The molecule has 1 aliphatic carbocycles. The highest BCUT2D eigenvalue weighted by Gasteiger charge is 2.22. The van der Waals surface area contributed by atoms with Crippen molar-refractivity contribution in [3.05, 3.63) is 29.6 Å². The lowest BCUT2D eigenvalue weighted by molar-refractivity contribution is -0.0707. The summed E-state index contributed by atoms with van der Waals surface area (Å²) in [6.45, 7) is 8.15. The fraction of sp³-hybridized carbons (Fsp3) is 0.688. The van der Waals surface area contributed by atoms with Crippen molar-refractivity contribution in [1.82, 2.24) is 15.2 Å². The first-order chi connectivity index (χ1) is 9.69. The summed E-state index contributed by atoms with van der Waals surface area (Å²) in [5, 5.41) is 3.52. The number of hydrogen-bond donors (Lipinski definition) is 1. The molecule has 0 spiro atoms. The lowest BCUT2D eigenvalue weighted by atomic mass is 10.2. The standard InChI is InChI=1S/C16H25N3O/c1-12-9-19(10-13(2)20-12)11-16-4-3-14(8-18-16)7-17-15-5-6-15/h3-4,8,12-13,15,17H,5-7,9-11H2,1-2H3/t12-,13+. The third kappa shape index (κ3) is 4.01. The largest absolute Gasteiger partial charge is 0.373 e. The molecule has 1 saturated heterocycles. The molecule has 1 N–H and O–H groups in total. The van der Waals surface area contributed by atoms with Gasteiger partial charge in [0.05, 0.1) is 17.9 Å². The maximum atomic E-state index is 5.76. The lowest BCUT2D eigenvalue weighted by Crippen LogP contribution is -2.44. The SMILES string of the molecule is C[C@@H]1CN(Cc2ccc(CNC3CC3)cn2)C[C@H](C)O1. The Morgan fingerprint density at radius 3 is 2.60 bits per heavy atom. The van der Waals surface area contributed by atoms with Crippen molar-refractivity contribution in [3.8, 4) is 0 Å². The molecular weight excluding hydrogens is 250 g/mol. The molecule has 4 nitrogen and oxygen atoms in total. The molecule has 2 fully saturated rings. The van der Waals surface area contributed by atoms with Crippen molar-refractivity contribution in [2.24, 2.45) is 0 Å². The zero-order chi connectivity index (χ0) is 13.9. The summed E-state index contributed by atoms with van der Waals surface area (Å²) >= 11 is 0. The van der Waals surface area contributed by atoms with Gasteiger partial charge in [-0.1, -0.05) is 6.07 Å². The zero-order valence-corrected chi connectivity index (χ0v) is 12.5. The van der Waals surface area contributed by atoms with Crippen LogP contribution < -0.4 is 5.32 Å². The topological polar surface area (TPSA) is 37.4 Å². The molecule has 1 saturated carbocycles. The van der Waals surface area contributed by atoms with Gasteiger partial charge in [-0.15, -0.1) is 0 Å². The molecule has 0 amide bonds. The van der Waals surface area contributed by atoms with Gasteiger partial charge < -0.3 is 10.1 Å². The van der Waals surface area contributed by atoms with E-state index in [4.69, 9.17) is 4.74 Å². The van der Waals surface area contributed by atoms with Crippen LogP contribution in [0.25, 0.3) is 0 Å². The van der Waals surface area contributed by atoms with Crippen molar-refractivity contribution in [1.29, 1.82) is 0 Å². The van der Waals surface area contributed by atoms with Gasteiger partial charge in [-0.2, -0.15) is 0 Å². The number of rotatable bonds is 5. The summed E-state index contributed by atoms with van der Waals surface area (Å²) < 4.78 is 5.76. The van der Waals surface area contributed by atoms with Gasteiger partial charge in [0, 0.05) is 38.4 Å². The van der Waals surface area contributed by atoms with Gasteiger partial charge in [-0.05, 0) is 38.3 Å². The molecular formula is C16H25N3O. The number of nitrogens with zero attached hydrogens (tertiary/aromatic N) is 2. The highest BCUT2D eigenvalue weighted by molar-refractivity contribution is 5.14. The second-order valence-electron chi connectivity index (χ2n) is 6.26. The molecule has 20 heavy (non-hydrogen) atoms. The lowest BCUT2D eigenvalue weighted by Gasteiger charge is -2.35. The zero-order valence-electron chi connectivity index (χ0n) is 12.5. The van der Waals surface area contributed by atoms with Gasteiger partial charge in [0.1, 0.15) is 0 Å². The van der Waals surface area contributed by atoms with E-state index < -0.39 is 0 Å². The highest BCUT2D eigenvalue weighted by Crippen LogP contribution is 2.19. The summed E-state index contributed by atoms with van der Waals surface area (Å²) in [4.78, 5) is 7.03. The summed E-state index contributed by atoms with van der Waals surface area (Å²) in [5.74, 6) is 0. The summed E-state index contributed by atoms with van der Waals surface area (Å²) in [5.41, 5.74) is 2.44. The number of nitrogens with one attached hydrogen (secondary N) is 1. The second kappa shape index (κ2) is 6.20. The molecule has 3 rings (SSSR count). The van der Waals surface area contributed by atoms with E-state index in [9.17, 15) is 0 Å². The van der Waals surface area contributed by atoms with E-state index in [0.717, 1.165) is 37.9 Å². The first-order valence-electron chi connectivity index (χ1n) is 7.74. The van der Waals surface area contributed by atoms with E-state index in [1.165, 1.54) is 18.4 Å². The molecule has 0 bridgehead atoms. The average Bonchev–Trinajstić information content (AvgIpc) is 3.21. The summed E-state index contributed by atoms with van der Waals surface area (Å²) in [6, 6.07) is 5.12. The summed E-state index contributed by atoms with van der Waals surface area (Å²) in [7, 11) is 0. The molecule has 4 heteroatoms. The molecule has 1 aromatic heterocycles. The predicted molar refractivity (Wildman–Crippen MR) is 79.4 cm³/mol. The third-order valence-electron chi connectivity index (χ3n) is 3.94. The first-order valence-corrected chi connectivity index (χ1v) is 7.74. The Balaban J connectivity index is 1.51. The van der Waals surface area contributed by atoms with Gasteiger partial charge in [0.25, 0.3) is 0 Å². The minimum Gasteiger partial charge on any atom is -0.373 e. The smallest absolute Gasteiger partial charge is 0.0678 e. The molecule has 2 heterocycles. The van der Waals surface area contributed by atoms with Crippen molar-refractivity contribution in [3.63, 3.8) is 0 Å². The monoisotopic (exact) mass is 275 g/mol. The third-order valence-corrected chi connectivity index (χ3v) is 3.94. The fourth-order valence-electron chi connectivity index (χ4n) is 2.85. The van der Waals surface area contributed by atoms with E-state index in [0.29, 0.717) is 12.2 Å². The quantitative estimate of drug-likeness (QED) is 0.891. The van der Waals surface area contributed by atoms with Gasteiger partial charge in [-0.3, -0.25) is 9.88 Å². The van der Waals surface area contributed by atoms with Crippen molar-refractivity contribution >= 4 is 0 Å². The van der Waals surface area contributed by atoms with Crippen LogP contribution >= 0.6 is 0 Å².